The molecule has 8 heteroatoms. The second-order valence-electron chi connectivity index (χ2n) is 5.96. The monoisotopic (exact) mass is 443 g/mol. The van der Waals surface area contributed by atoms with E-state index in [9.17, 15) is 9.59 Å². The lowest BCUT2D eigenvalue weighted by molar-refractivity contribution is 0.0976. The molecule has 0 saturated carbocycles. The van der Waals surface area contributed by atoms with E-state index in [1.165, 1.54) is 18.2 Å². The maximum absolute atomic E-state index is 12.3. The molecule has 3 N–H and O–H groups in total. The largest absolute Gasteiger partial charge is 0.332 e. The van der Waals surface area contributed by atoms with E-state index in [1.807, 2.05) is 6.07 Å². The first-order valence-corrected chi connectivity index (χ1v) is 9.62. The number of hydrogen-bond donors (Lipinski definition) is 3. The maximum Gasteiger partial charge on any atom is 0.257 e. The van der Waals surface area contributed by atoms with Crippen molar-refractivity contribution < 1.29 is 9.59 Å². The summed E-state index contributed by atoms with van der Waals surface area (Å²) >= 11 is 17.0. The van der Waals surface area contributed by atoms with E-state index in [2.05, 4.69) is 16.0 Å². The van der Waals surface area contributed by atoms with Gasteiger partial charge in [0.15, 0.2) is 5.11 Å². The molecule has 5 nitrogen and oxygen atoms in total. The van der Waals surface area contributed by atoms with Gasteiger partial charge in [-0.1, -0.05) is 41.4 Å². The summed E-state index contributed by atoms with van der Waals surface area (Å²) < 4.78 is 0. The van der Waals surface area contributed by atoms with E-state index < -0.39 is 5.91 Å². The second kappa shape index (κ2) is 9.52. The predicted octanol–water partition coefficient (Wildman–Crippen LogP) is 5.37. The first kappa shape index (κ1) is 20.8. The molecule has 0 aliphatic rings. The highest BCUT2D eigenvalue weighted by molar-refractivity contribution is 7.80. The SMILES string of the molecule is O=C(NC(=S)Nc1ccc(NC(=O)c2ccccc2)cc1)c1cc(Cl)cc(Cl)c1. The number of hydrogen-bond acceptors (Lipinski definition) is 3. The lowest BCUT2D eigenvalue weighted by Gasteiger charge is -2.11. The van der Waals surface area contributed by atoms with Crippen molar-refractivity contribution in [3.8, 4) is 0 Å². The van der Waals surface area contributed by atoms with Crippen LogP contribution >= 0.6 is 35.4 Å². The molecular formula is C21H15Cl2N3O2S. The van der Waals surface area contributed by atoms with Crippen molar-refractivity contribution in [3.05, 3.63) is 94.0 Å². The van der Waals surface area contributed by atoms with Gasteiger partial charge in [-0.3, -0.25) is 14.9 Å². The van der Waals surface area contributed by atoms with Gasteiger partial charge in [-0.05, 0) is 66.8 Å². The van der Waals surface area contributed by atoms with E-state index in [4.69, 9.17) is 35.4 Å². The van der Waals surface area contributed by atoms with Gasteiger partial charge in [-0.15, -0.1) is 0 Å². The number of halogens is 2. The number of rotatable bonds is 4. The number of amides is 2. The van der Waals surface area contributed by atoms with E-state index >= 15 is 0 Å². The summed E-state index contributed by atoms with van der Waals surface area (Å²) in [6, 6.07) is 20.4. The summed E-state index contributed by atoms with van der Waals surface area (Å²) in [4.78, 5) is 24.4. The van der Waals surface area contributed by atoms with Crippen molar-refractivity contribution in [2.45, 2.75) is 0 Å². The molecule has 0 aromatic heterocycles. The van der Waals surface area contributed by atoms with Gasteiger partial charge in [0.2, 0.25) is 0 Å². The summed E-state index contributed by atoms with van der Waals surface area (Å²) in [5.41, 5.74) is 2.15. The van der Waals surface area contributed by atoms with Gasteiger partial charge in [-0.25, -0.2) is 0 Å². The Kier molecular flexibility index (Phi) is 6.82. The minimum atomic E-state index is -0.432. The van der Waals surface area contributed by atoms with Crippen LogP contribution in [-0.4, -0.2) is 16.9 Å². The van der Waals surface area contributed by atoms with Crippen LogP contribution in [0.5, 0.6) is 0 Å². The average molecular weight is 444 g/mol. The third-order valence-electron chi connectivity index (χ3n) is 3.79. The van der Waals surface area contributed by atoms with Gasteiger partial charge in [0.05, 0.1) is 0 Å². The first-order valence-electron chi connectivity index (χ1n) is 8.45. The molecule has 0 saturated heterocycles. The van der Waals surface area contributed by atoms with Crippen molar-refractivity contribution in [2.24, 2.45) is 0 Å². The molecule has 3 aromatic rings. The van der Waals surface area contributed by atoms with Crippen LogP contribution in [0.25, 0.3) is 0 Å². The highest BCUT2D eigenvalue weighted by Crippen LogP contribution is 2.19. The Labute approximate surface area is 183 Å². The summed E-state index contributed by atoms with van der Waals surface area (Å²) in [6.07, 6.45) is 0. The lowest BCUT2D eigenvalue weighted by Crippen LogP contribution is -2.34. The standard InChI is InChI=1S/C21H15Cl2N3O2S/c22-15-10-14(11-16(23)12-15)20(28)26-21(29)25-18-8-6-17(7-9-18)24-19(27)13-4-2-1-3-5-13/h1-12H,(H,24,27)(H2,25,26,28,29). The Morgan fingerprint density at radius 1 is 0.690 bits per heavy atom. The molecule has 0 aliphatic carbocycles. The third-order valence-corrected chi connectivity index (χ3v) is 4.43. The average Bonchev–Trinajstić information content (AvgIpc) is 2.69. The van der Waals surface area contributed by atoms with Gasteiger partial charge in [0.1, 0.15) is 0 Å². The van der Waals surface area contributed by atoms with Gasteiger partial charge >= 0.3 is 0 Å². The number of benzene rings is 3. The Bertz CT molecular complexity index is 1040. The Balaban J connectivity index is 1.57. The van der Waals surface area contributed by atoms with Crippen LogP contribution in [-0.2, 0) is 0 Å². The van der Waals surface area contributed by atoms with Gasteiger partial charge in [0.25, 0.3) is 11.8 Å². The zero-order chi connectivity index (χ0) is 20.8. The second-order valence-corrected chi connectivity index (χ2v) is 7.24. The summed E-state index contributed by atoms with van der Waals surface area (Å²) in [6.45, 7) is 0. The van der Waals surface area contributed by atoms with E-state index in [-0.39, 0.29) is 11.0 Å². The molecule has 3 rings (SSSR count). The molecule has 2 amide bonds. The molecular weight excluding hydrogens is 429 g/mol. The lowest BCUT2D eigenvalue weighted by atomic mass is 10.2. The quantitative estimate of drug-likeness (QED) is 0.473. The van der Waals surface area contributed by atoms with Crippen LogP contribution in [0.1, 0.15) is 20.7 Å². The van der Waals surface area contributed by atoms with E-state index in [0.717, 1.165) is 0 Å². The molecule has 0 fully saturated rings. The molecule has 0 heterocycles. The minimum Gasteiger partial charge on any atom is -0.332 e. The summed E-state index contributed by atoms with van der Waals surface area (Å²) in [5, 5.41) is 9.11. The number of nitrogens with one attached hydrogen (secondary N) is 3. The number of anilines is 2. The highest BCUT2D eigenvalue weighted by atomic mass is 35.5. The Morgan fingerprint density at radius 3 is 1.83 bits per heavy atom. The third kappa shape index (κ3) is 6.02. The summed E-state index contributed by atoms with van der Waals surface area (Å²) in [7, 11) is 0. The predicted molar refractivity (Wildman–Crippen MR) is 121 cm³/mol. The van der Waals surface area contributed by atoms with Crippen molar-refractivity contribution in [2.75, 3.05) is 10.6 Å². The number of thiocarbonyl (C=S) groups is 1. The molecule has 0 radical (unpaired) electrons. The minimum absolute atomic E-state index is 0.118. The fourth-order valence-corrected chi connectivity index (χ4v) is 3.19. The van der Waals surface area contributed by atoms with Gasteiger partial charge < -0.3 is 10.6 Å². The Hall–Kier alpha value is -2.93. The van der Waals surface area contributed by atoms with Crippen LogP contribution in [0.15, 0.2) is 72.8 Å². The van der Waals surface area contributed by atoms with Crippen LogP contribution in [0.2, 0.25) is 10.0 Å². The maximum atomic E-state index is 12.3. The molecule has 0 unspecified atom stereocenters. The van der Waals surface area contributed by atoms with Crippen LogP contribution in [0.3, 0.4) is 0 Å². The van der Waals surface area contributed by atoms with Gasteiger partial charge in [0, 0.05) is 32.5 Å². The molecule has 29 heavy (non-hydrogen) atoms. The smallest absolute Gasteiger partial charge is 0.257 e. The topological polar surface area (TPSA) is 70.2 Å². The molecule has 0 atom stereocenters. The highest BCUT2D eigenvalue weighted by Gasteiger charge is 2.10. The molecule has 3 aromatic carbocycles. The van der Waals surface area contributed by atoms with E-state index in [0.29, 0.717) is 32.5 Å². The molecule has 0 bridgehead atoms. The zero-order valence-electron chi connectivity index (χ0n) is 14.9. The normalized spacial score (nSPS) is 10.1. The van der Waals surface area contributed by atoms with Crippen molar-refractivity contribution >= 4 is 63.7 Å². The molecule has 0 spiro atoms. The van der Waals surface area contributed by atoms with Crippen molar-refractivity contribution in [3.63, 3.8) is 0 Å². The van der Waals surface area contributed by atoms with E-state index in [1.54, 1.807) is 48.5 Å². The fraction of sp³-hybridized carbons (Fsp3) is 0. The van der Waals surface area contributed by atoms with Crippen LogP contribution in [0, 0.1) is 0 Å². The van der Waals surface area contributed by atoms with Crippen molar-refractivity contribution in [1.29, 1.82) is 0 Å². The first-order chi connectivity index (χ1) is 13.9. The van der Waals surface area contributed by atoms with Crippen molar-refractivity contribution in [1.82, 2.24) is 5.32 Å². The molecule has 146 valence electrons. The van der Waals surface area contributed by atoms with Crippen LogP contribution < -0.4 is 16.0 Å². The number of carbonyl (C=O) groups is 2. The Morgan fingerprint density at radius 2 is 1.24 bits per heavy atom. The van der Waals surface area contributed by atoms with Gasteiger partial charge in [-0.2, -0.15) is 0 Å². The fourth-order valence-electron chi connectivity index (χ4n) is 2.45. The molecule has 0 aliphatic heterocycles. The summed E-state index contributed by atoms with van der Waals surface area (Å²) in [5.74, 6) is -0.632. The zero-order valence-corrected chi connectivity index (χ0v) is 17.2. The van der Waals surface area contributed by atoms with Crippen LogP contribution in [0.4, 0.5) is 11.4 Å². The number of carbonyl (C=O) groups excluding carboxylic acids is 2.